The van der Waals surface area contributed by atoms with E-state index in [1.807, 2.05) is 62.4 Å². The van der Waals surface area contributed by atoms with E-state index >= 15 is 0 Å². The molecule has 0 aliphatic carbocycles. The first-order valence-electron chi connectivity index (χ1n) is 10.0. The van der Waals surface area contributed by atoms with Gasteiger partial charge in [-0.1, -0.05) is 70.3 Å². The summed E-state index contributed by atoms with van der Waals surface area (Å²) in [4.78, 5) is 0. The van der Waals surface area contributed by atoms with Gasteiger partial charge < -0.3 is 8.83 Å². The number of nitrogens with zero attached hydrogens (tertiary/aromatic N) is 6. The van der Waals surface area contributed by atoms with Gasteiger partial charge in [0.15, 0.2) is 8.68 Å². The number of hydrogen-bond acceptors (Lipinski definition) is 11. The monoisotopic (exact) mass is 494 g/mol. The number of hydrogen-bond donors (Lipinski definition) is 0. The van der Waals surface area contributed by atoms with Gasteiger partial charge in [0.2, 0.25) is 23.6 Å². The largest absolute Gasteiger partial charge is 0.420 e. The van der Waals surface area contributed by atoms with Crippen molar-refractivity contribution in [1.29, 1.82) is 0 Å². The summed E-state index contributed by atoms with van der Waals surface area (Å²) in [5.74, 6) is 3.19. The van der Waals surface area contributed by atoms with Gasteiger partial charge in [0.25, 0.3) is 0 Å². The third-order valence-electron chi connectivity index (χ3n) is 4.56. The molecule has 0 aliphatic heterocycles. The molecule has 0 bridgehead atoms. The molecule has 0 N–H and O–H groups in total. The van der Waals surface area contributed by atoms with Gasteiger partial charge in [0.1, 0.15) is 0 Å². The molecule has 3 aromatic heterocycles. The molecule has 0 radical (unpaired) electrons. The molecule has 5 aromatic rings. The van der Waals surface area contributed by atoms with Crippen LogP contribution in [0.3, 0.4) is 0 Å². The Hall–Kier alpha value is -3.02. The summed E-state index contributed by atoms with van der Waals surface area (Å²) in [5.41, 5.74) is 4.19. The van der Waals surface area contributed by atoms with Crippen LogP contribution in [0.2, 0.25) is 0 Å². The standard InChI is InChI=1S/C22H18N6O2S3/c1-13-3-7-15(8-4-13)19-25-23-17(29-19)11-31-21-27-28-22(33-21)32-12-18-24-26-20(30-18)16-9-5-14(2)6-10-16/h3-10H,11-12H2,1-2H3. The Morgan fingerprint density at radius 1 is 0.606 bits per heavy atom. The Bertz CT molecular complexity index is 1240. The van der Waals surface area contributed by atoms with Crippen LogP contribution >= 0.6 is 34.9 Å². The molecule has 5 rings (SSSR count). The van der Waals surface area contributed by atoms with Gasteiger partial charge in [-0.2, -0.15) is 0 Å². The Kier molecular flexibility index (Phi) is 6.51. The summed E-state index contributed by atoms with van der Waals surface area (Å²) in [7, 11) is 0. The molecule has 0 amide bonds. The number of benzene rings is 2. The lowest BCUT2D eigenvalue weighted by molar-refractivity contribution is 0.528. The average molecular weight is 495 g/mol. The minimum absolute atomic E-state index is 0.517. The SMILES string of the molecule is Cc1ccc(-c2nnc(CSc3nnc(SCc4nnc(-c5ccc(C)cc5)o4)s3)o2)cc1. The molecule has 11 heteroatoms. The smallest absolute Gasteiger partial charge is 0.247 e. The molecule has 0 atom stereocenters. The first kappa shape index (κ1) is 21.8. The summed E-state index contributed by atoms with van der Waals surface area (Å²) in [6, 6.07) is 16.0. The van der Waals surface area contributed by atoms with Crippen molar-refractivity contribution in [2.75, 3.05) is 0 Å². The van der Waals surface area contributed by atoms with Gasteiger partial charge in [0.05, 0.1) is 11.5 Å². The van der Waals surface area contributed by atoms with Crippen molar-refractivity contribution >= 4 is 34.9 Å². The fourth-order valence-corrected chi connectivity index (χ4v) is 5.50. The van der Waals surface area contributed by atoms with Crippen molar-refractivity contribution in [2.45, 2.75) is 34.0 Å². The zero-order valence-electron chi connectivity index (χ0n) is 17.8. The van der Waals surface area contributed by atoms with Crippen molar-refractivity contribution in [3.8, 4) is 22.9 Å². The molecular weight excluding hydrogens is 476 g/mol. The maximum absolute atomic E-state index is 5.77. The first-order valence-corrected chi connectivity index (χ1v) is 12.8. The Morgan fingerprint density at radius 3 is 1.45 bits per heavy atom. The van der Waals surface area contributed by atoms with E-state index in [9.17, 15) is 0 Å². The van der Waals surface area contributed by atoms with E-state index in [4.69, 9.17) is 8.83 Å². The Morgan fingerprint density at radius 2 is 1.03 bits per heavy atom. The first-order chi connectivity index (χ1) is 16.1. The molecule has 0 saturated carbocycles. The summed E-state index contributed by atoms with van der Waals surface area (Å²) in [6.45, 7) is 4.08. The number of aromatic nitrogens is 6. The van der Waals surface area contributed by atoms with Crippen molar-refractivity contribution in [2.24, 2.45) is 0 Å². The lowest BCUT2D eigenvalue weighted by Gasteiger charge is -1.95. The zero-order chi connectivity index (χ0) is 22.6. The van der Waals surface area contributed by atoms with Gasteiger partial charge >= 0.3 is 0 Å². The molecule has 33 heavy (non-hydrogen) atoms. The third kappa shape index (κ3) is 5.49. The molecule has 0 spiro atoms. The highest BCUT2D eigenvalue weighted by molar-refractivity contribution is 8.02. The molecule has 0 saturated heterocycles. The van der Waals surface area contributed by atoms with Crippen molar-refractivity contribution < 1.29 is 8.83 Å². The molecule has 3 heterocycles. The summed E-state index contributed by atoms with van der Waals surface area (Å²) in [6.07, 6.45) is 0. The topological polar surface area (TPSA) is 104 Å². The van der Waals surface area contributed by atoms with Crippen LogP contribution in [0.5, 0.6) is 0 Å². The highest BCUT2D eigenvalue weighted by Gasteiger charge is 2.13. The quantitative estimate of drug-likeness (QED) is 0.244. The summed E-state index contributed by atoms with van der Waals surface area (Å²) >= 11 is 4.53. The molecular formula is C22H18N6O2S3. The van der Waals surface area contributed by atoms with Gasteiger partial charge in [0, 0.05) is 11.1 Å². The van der Waals surface area contributed by atoms with Crippen molar-refractivity contribution in [3.05, 3.63) is 71.4 Å². The van der Waals surface area contributed by atoms with E-state index in [0.29, 0.717) is 35.1 Å². The molecule has 0 aliphatic rings. The Balaban J connectivity index is 1.14. The second kappa shape index (κ2) is 9.86. The second-order valence-corrected chi connectivity index (χ2v) is 10.6. The van der Waals surface area contributed by atoms with E-state index in [1.54, 1.807) is 0 Å². The third-order valence-corrected chi connectivity index (χ3v) is 7.72. The fourth-order valence-electron chi connectivity index (χ4n) is 2.81. The van der Waals surface area contributed by atoms with E-state index in [0.717, 1.165) is 19.8 Å². The summed E-state index contributed by atoms with van der Waals surface area (Å²) < 4.78 is 13.2. The maximum Gasteiger partial charge on any atom is 0.247 e. The molecule has 0 unspecified atom stereocenters. The fraction of sp³-hybridized carbons (Fsp3) is 0.182. The van der Waals surface area contributed by atoms with E-state index in [1.165, 1.54) is 46.0 Å². The van der Waals surface area contributed by atoms with Crippen LogP contribution in [0.4, 0.5) is 0 Å². The van der Waals surface area contributed by atoms with Crippen molar-refractivity contribution in [3.63, 3.8) is 0 Å². The molecule has 166 valence electrons. The van der Waals surface area contributed by atoms with Crippen LogP contribution in [0.1, 0.15) is 22.9 Å². The predicted octanol–water partition coefficient (Wildman–Crippen LogP) is 5.84. The average Bonchev–Trinajstić information content (AvgIpc) is 3.58. The van der Waals surface area contributed by atoms with Crippen LogP contribution in [-0.4, -0.2) is 30.6 Å². The van der Waals surface area contributed by atoms with Crippen LogP contribution < -0.4 is 0 Å². The molecule has 8 nitrogen and oxygen atoms in total. The number of thioether (sulfide) groups is 2. The Labute approximate surface area is 202 Å². The van der Waals surface area contributed by atoms with Gasteiger partial charge in [-0.25, -0.2) is 0 Å². The minimum Gasteiger partial charge on any atom is -0.420 e. The van der Waals surface area contributed by atoms with E-state index in [2.05, 4.69) is 30.6 Å². The number of rotatable bonds is 8. The lowest BCUT2D eigenvalue weighted by atomic mass is 10.1. The summed E-state index contributed by atoms with van der Waals surface area (Å²) in [5, 5.41) is 25.0. The zero-order valence-corrected chi connectivity index (χ0v) is 20.2. The highest BCUT2D eigenvalue weighted by atomic mass is 32.2. The lowest BCUT2D eigenvalue weighted by Crippen LogP contribution is -1.80. The highest BCUT2D eigenvalue weighted by Crippen LogP contribution is 2.32. The molecule has 0 fully saturated rings. The van der Waals surface area contributed by atoms with Gasteiger partial charge in [-0.3, -0.25) is 0 Å². The normalized spacial score (nSPS) is 11.2. The minimum atomic E-state index is 0.517. The van der Waals surface area contributed by atoms with Crippen LogP contribution in [0.15, 0.2) is 66.0 Å². The van der Waals surface area contributed by atoms with Crippen molar-refractivity contribution in [1.82, 2.24) is 30.6 Å². The van der Waals surface area contributed by atoms with Crippen LogP contribution in [0, 0.1) is 13.8 Å². The molecule has 2 aromatic carbocycles. The van der Waals surface area contributed by atoms with Crippen LogP contribution in [-0.2, 0) is 11.5 Å². The van der Waals surface area contributed by atoms with E-state index < -0.39 is 0 Å². The van der Waals surface area contributed by atoms with Gasteiger partial charge in [-0.15, -0.1) is 30.6 Å². The maximum atomic E-state index is 5.77. The number of aryl methyl sites for hydroxylation is 2. The van der Waals surface area contributed by atoms with E-state index in [-0.39, 0.29) is 0 Å². The predicted molar refractivity (Wildman–Crippen MR) is 128 cm³/mol. The second-order valence-electron chi connectivity index (χ2n) is 7.15. The van der Waals surface area contributed by atoms with Crippen LogP contribution in [0.25, 0.3) is 22.9 Å². The van der Waals surface area contributed by atoms with Gasteiger partial charge in [-0.05, 0) is 38.1 Å².